The maximum atomic E-state index is 14.3. The number of pyridine rings is 1. The number of hydrogen-bond donors (Lipinski definition) is 3. The Morgan fingerprint density at radius 2 is 1.61 bits per heavy atom. The van der Waals surface area contributed by atoms with Crippen LogP contribution in [-0.2, 0) is 9.59 Å². The SMILES string of the molecule is Cc1ccc(C2=N[C@@H](CC(=O)N3CCN(c4cc(-c5cnn([C@H](C(C)C)C(O)N6C[C@H](O)C[C@H]6C(=O)N[C@@H](C)c6ccc(-c7scnc7C)cc6)c5)ccn4)CC3)c3nnc(C)n3-c3sc(C)c(C)c32)cc1. The van der Waals surface area contributed by atoms with Gasteiger partial charge in [0.1, 0.15) is 28.9 Å². The third-order valence-corrected chi connectivity index (χ3v) is 16.8. The molecule has 0 radical (unpaired) electrons. The lowest BCUT2D eigenvalue weighted by molar-refractivity contribution is -0.133. The van der Waals surface area contributed by atoms with E-state index in [1.165, 1.54) is 16.0 Å². The minimum absolute atomic E-state index is 0.0159. The molecule has 8 heterocycles. The summed E-state index contributed by atoms with van der Waals surface area (Å²) >= 11 is 3.31. The predicted molar refractivity (Wildman–Crippen MR) is 282 cm³/mol. The highest BCUT2D eigenvalue weighted by Gasteiger charge is 2.44. The van der Waals surface area contributed by atoms with Crippen LogP contribution in [0.2, 0.25) is 0 Å². The molecular formula is C54H62N12O4S2. The molecule has 2 amide bonds. The van der Waals surface area contributed by atoms with Crippen molar-refractivity contribution >= 4 is 46.0 Å². The zero-order valence-corrected chi connectivity index (χ0v) is 43.7. The molecule has 3 aliphatic heterocycles. The molecule has 16 nitrogen and oxygen atoms in total. The molecule has 0 spiro atoms. The van der Waals surface area contributed by atoms with E-state index in [9.17, 15) is 19.8 Å². The van der Waals surface area contributed by atoms with Crippen molar-refractivity contribution in [2.24, 2.45) is 10.9 Å². The van der Waals surface area contributed by atoms with E-state index in [2.05, 4.69) is 75.0 Å². The fourth-order valence-corrected chi connectivity index (χ4v) is 12.4. The second-order valence-corrected chi connectivity index (χ2v) is 21.9. The highest BCUT2D eigenvalue weighted by molar-refractivity contribution is 7.15. The number of anilines is 1. The summed E-state index contributed by atoms with van der Waals surface area (Å²) in [6.45, 7) is 18.7. The topological polar surface area (TPSA) is 183 Å². The first-order valence-corrected chi connectivity index (χ1v) is 26.5. The van der Waals surface area contributed by atoms with Crippen LogP contribution in [0, 0.1) is 40.5 Å². The zero-order chi connectivity index (χ0) is 50.5. The Bertz CT molecular complexity index is 3130. The molecule has 2 saturated heterocycles. The lowest BCUT2D eigenvalue weighted by Gasteiger charge is -2.36. The number of thiophene rings is 1. The summed E-state index contributed by atoms with van der Waals surface area (Å²) in [6.07, 6.45) is 4.00. The van der Waals surface area contributed by atoms with Crippen molar-refractivity contribution in [3.05, 3.63) is 135 Å². The van der Waals surface area contributed by atoms with Crippen LogP contribution in [0.25, 0.3) is 26.6 Å². The van der Waals surface area contributed by atoms with E-state index in [4.69, 9.17) is 15.1 Å². The Hall–Kier alpha value is -6.44. The van der Waals surface area contributed by atoms with Crippen molar-refractivity contribution in [3.8, 4) is 26.6 Å². The fourth-order valence-electron chi connectivity index (χ4n) is 10.4. The molecule has 0 saturated carbocycles. The summed E-state index contributed by atoms with van der Waals surface area (Å²) in [4.78, 5) is 50.8. The molecule has 7 aromatic rings. The van der Waals surface area contributed by atoms with E-state index < -0.39 is 30.5 Å². The van der Waals surface area contributed by atoms with Crippen LogP contribution in [0.4, 0.5) is 5.82 Å². The monoisotopic (exact) mass is 1010 g/mol. The molecule has 5 aromatic heterocycles. The summed E-state index contributed by atoms with van der Waals surface area (Å²) in [5, 5.41) is 41.0. The molecular weight excluding hydrogens is 945 g/mol. The van der Waals surface area contributed by atoms with Gasteiger partial charge in [-0.15, -0.1) is 32.9 Å². The number of piperazine rings is 1. The number of aryl methyl sites for hydroxylation is 4. The highest BCUT2D eigenvalue weighted by atomic mass is 32.1. The average molecular weight is 1010 g/mol. The lowest BCUT2D eigenvalue weighted by Crippen LogP contribution is -2.51. The van der Waals surface area contributed by atoms with Gasteiger partial charge in [-0.3, -0.25) is 28.7 Å². The van der Waals surface area contributed by atoms with Crippen LogP contribution in [0.3, 0.4) is 0 Å². The van der Waals surface area contributed by atoms with Crippen LogP contribution in [0.1, 0.15) is 102 Å². The van der Waals surface area contributed by atoms with E-state index in [1.54, 1.807) is 44.6 Å². The second kappa shape index (κ2) is 20.2. The number of nitrogens with one attached hydrogen (secondary N) is 1. The number of benzene rings is 2. The van der Waals surface area contributed by atoms with Gasteiger partial charge in [-0.05, 0) is 88.3 Å². The number of amides is 2. The zero-order valence-electron chi connectivity index (χ0n) is 42.0. The first kappa shape index (κ1) is 49.2. The number of aliphatic hydroxyl groups is 2. The van der Waals surface area contributed by atoms with E-state index in [0.717, 1.165) is 66.3 Å². The van der Waals surface area contributed by atoms with Crippen LogP contribution < -0.4 is 10.2 Å². The van der Waals surface area contributed by atoms with Gasteiger partial charge in [-0.25, -0.2) is 9.97 Å². The standard InChI is InChI=1S/C54H62N12O4S2/c1-30(2)49(53(70)64-28-42(67)24-44(64)52(69)58-33(5)37-13-15-39(16-14-37)50-34(6)56-29-71-50)65-27-41(26-57-65)40-17-18-55-45(23-40)62-19-21-63(22-20-62)46(68)25-43-51-61-60-36(8)66(51)54-47(32(4)35(7)72-54)48(59-43)38-11-9-31(3)10-12-38/h9-18,23,26-27,29-30,33,42-44,49,53,67,70H,19-22,24-25,28H2,1-8H3,(H,58,69)/t33-,42+,43-,44-,49+,53?/m0/s1. The summed E-state index contributed by atoms with van der Waals surface area (Å²) in [6, 6.07) is 18.5. The molecule has 3 N–H and O–H groups in total. The smallest absolute Gasteiger partial charge is 0.238 e. The largest absolute Gasteiger partial charge is 0.392 e. The van der Waals surface area contributed by atoms with Crippen molar-refractivity contribution in [1.82, 2.24) is 49.6 Å². The summed E-state index contributed by atoms with van der Waals surface area (Å²) in [7, 11) is 0. The van der Waals surface area contributed by atoms with Gasteiger partial charge in [0.25, 0.3) is 0 Å². The molecule has 1 unspecified atom stereocenters. The number of carbonyl (C=O) groups excluding carboxylic acids is 2. The summed E-state index contributed by atoms with van der Waals surface area (Å²) in [5.41, 5.74) is 11.9. The molecule has 374 valence electrons. The predicted octanol–water partition coefficient (Wildman–Crippen LogP) is 7.71. The number of fused-ring (bicyclic) bond motifs is 3. The first-order chi connectivity index (χ1) is 34.6. The number of aliphatic hydroxyl groups excluding tert-OH is 2. The maximum Gasteiger partial charge on any atom is 0.238 e. The van der Waals surface area contributed by atoms with Gasteiger partial charge in [-0.1, -0.05) is 67.9 Å². The number of likely N-dealkylation sites (tertiary alicyclic amines) is 1. The number of carbonyl (C=O) groups is 2. The second-order valence-electron chi connectivity index (χ2n) is 19.8. The number of rotatable bonds is 13. The van der Waals surface area contributed by atoms with Crippen LogP contribution in [0.5, 0.6) is 0 Å². The molecule has 72 heavy (non-hydrogen) atoms. The molecule has 10 rings (SSSR count). The Kier molecular flexibility index (Phi) is 13.8. The normalized spacial score (nSPS) is 19.4. The average Bonchev–Trinajstić information content (AvgIpc) is 4.22. The number of nitrogens with zero attached hydrogens (tertiary/aromatic N) is 11. The summed E-state index contributed by atoms with van der Waals surface area (Å²) in [5.74, 6) is 1.93. The molecule has 18 heteroatoms. The van der Waals surface area contributed by atoms with E-state index in [1.807, 2.05) is 87.6 Å². The van der Waals surface area contributed by atoms with Crippen molar-refractivity contribution in [1.29, 1.82) is 0 Å². The molecule has 2 aromatic carbocycles. The number of thiazole rings is 1. The molecule has 3 aliphatic rings. The highest BCUT2D eigenvalue weighted by Crippen LogP contribution is 2.40. The van der Waals surface area contributed by atoms with E-state index in [-0.39, 0.29) is 43.2 Å². The minimum atomic E-state index is -1.11. The lowest BCUT2D eigenvalue weighted by atomic mass is 9.99. The van der Waals surface area contributed by atoms with E-state index >= 15 is 0 Å². The van der Waals surface area contributed by atoms with Gasteiger partial charge in [0.2, 0.25) is 11.8 Å². The molecule has 2 fully saturated rings. The van der Waals surface area contributed by atoms with Gasteiger partial charge < -0.3 is 25.3 Å². The van der Waals surface area contributed by atoms with Crippen molar-refractivity contribution < 1.29 is 19.8 Å². The van der Waals surface area contributed by atoms with Crippen LogP contribution in [-0.4, -0.2) is 123 Å². The number of β-amino-alcohol motifs (C(OH)–C–C–N with tert-alkyl or cyclic N) is 1. The van der Waals surface area contributed by atoms with Crippen molar-refractivity contribution in [2.75, 3.05) is 37.6 Å². The van der Waals surface area contributed by atoms with Gasteiger partial charge in [0.05, 0.1) is 58.6 Å². The van der Waals surface area contributed by atoms with Crippen molar-refractivity contribution in [2.45, 2.75) is 105 Å². The number of hydrogen-bond acceptors (Lipinski definition) is 14. The Morgan fingerprint density at radius 3 is 2.32 bits per heavy atom. The number of aromatic nitrogens is 7. The minimum Gasteiger partial charge on any atom is -0.392 e. The van der Waals surface area contributed by atoms with Gasteiger partial charge in [0, 0.05) is 66.7 Å². The third kappa shape index (κ3) is 9.53. The van der Waals surface area contributed by atoms with Gasteiger partial charge >= 0.3 is 0 Å². The molecule has 6 atom stereocenters. The molecule has 0 bridgehead atoms. The number of aliphatic imine (C=N–C) groups is 1. The van der Waals surface area contributed by atoms with Crippen LogP contribution >= 0.6 is 22.7 Å². The van der Waals surface area contributed by atoms with Gasteiger partial charge in [-0.2, -0.15) is 5.10 Å². The first-order valence-electron chi connectivity index (χ1n) is 24.8. The van der Waals surface area contributed by atoms with Gasteiger partial charge in [0.15, 0.2) is 5.82 Å². The van der Waals surface area contributed by atoms with Crippen molar-refractivity contribution in [3.63, 3.8) is 0 Å². The van der Waals surface area contributed by atoms with Crippen LogP contribution in [0.15, 0.2) is 89.8 Å². The Balaban J connectivity index is 0.797. The quantitative estimate of drug-likeness (QED) is 0.103. The summed E-state index contributed by atoms with van der Waals surface area (Å²) < 4.78 is 3.87. The maximum absolute atomic E-state index is 14.3. The Labute approximate surface area is 428 Å². The fraction of sp³-hybridized carbons (Fsp3) is 0.407. The Morgan fingerprint density at radius 1 is 0.875 bits per heavy atom. The third-order valence-electron chi connectivity index (χ3n) is 14.6. The molecule has 0 aliphatic carbocycles. The van der Waals surface area contributed by atoms with E-state index in [0.29, 0.717) is 32.0 Å².